The van der Waals surface area contributed by atoms with Gasteiger partial charge in [0, 0.05) is 6.07 Å². The van der Waals surface area contributed by atoms with Gasteiger partial charge in [0.25, 0.3) is 0 Å². The number of nitrogens with zero attached hydrogens (tertiary/aromatic N) is 3. The van der Waals surface area contributed by atoms with E-state index >= 15 is 0 Å². The molecule has 0 atom stereocenters. The first-order valence-corrected chi connectivity index (χ1v) is 6.81. The standard InChI is InChI=1S/C13H16ClN3O2/c1-18-10-2-3-12-11(8-10)15-13(9-14)17(12)16-4-6-19-7-5-16/h2-3,8H,4-7,9H2,1H3. The number of hydrogen-bond acceptors (Lipinski definition) is 4. The van der Waals surface area contributed by atoms with Crippen molar-refractivity contribution in [3.8, 4) is 5.75 Å². The zero-order valence-corrected chi connectivity index (χ0v) is 11.6. The molecule has 0 saturated carbocycles. The fourth-order valence-corrected chi connectivity index (χ4v) is 2.55. The van der Waals surface area contributed by atoms with Crippen molar-refractivity contribution in [3.63, 3.8) is 0 Å². The predicted molar refractivity (Wildman–Crippen MR) is 74.6 cm³/mol. The fraction of sp³-hybridized carbons (Fsp3) is 0.462. The number of alkyl halides is 1. The van der Waals surface area contributed by atoms with Crippen LogP contribution in [0.5, 0.6) is 5.75 Å². The van der Waals surface area contributed by atoms with Gasteiger partial charge in [-0.2, -0.15) is 0 Å². The maximum absolute atomic E-state index is 6.02. The van der Waals surface area contributed by atoms with Crippen molar-refractivity contribution in [2.75, 3.05) is 38.4 Å². The molecule has 19 heavy (non-hydrogen) atoms. The van der Waals surface area contributed by atoms with Crippen LogP contribution in [-0.4, -0.2) is 43.1 Å². The lowest BCUT2D eigenvalue weighted by Crippen LogP contribution is -2.44. The first-order valence-electron chi connectivity index (χ1n) is 6.28. The Hall–Kier alpha value is -1.46. The molecule has 1 saturated heterocycles. The Labute approximate surface area is 116 Å². The molecule has 6 heteroatoms. The predicted octanol–water partition coefficient (Wildman–Crippen LogP) is 1.75. The van der Waals surface area contributed by atoms with E-state index in [2.05, 4.69) is 14.7 Å². The van der Waals surface area contributed by atoms with Gasteiger partial charge in [0.05, 0.1) is 50.3 Å². The zero-order valence-electron chi connectivity index (χ0n) is 10.8. The molecule has 0 radical (unpaired) electrons. The molecular weight excluding hydrogens is 266 g/mol. The van der Waals surface area contributed by atoms with Crippen LogP contribution in [0.15, 0.2) is 18.2 Å². The average molecular weight is 282 g/mol. The molecule has 1 aliphatic heterocycles. The lowest BCUT2D eigenvalue weighted by atomic mass is 10.3. The van der Waals surface area contributed by atoms with Crippen LogP contribution in [0.4, 0.5) is 0 Å². The third-order valence-electron chi connectivity index (χ3n) is 3.29. The topological polar surface area (TPSA) is 39.5 Å². The number of hydrogen-bond donors (Lipinski definition) is 0. The van der Waals surface area contributed by atoms with Gasteiger partial charge in [-0.1, -0.05) is 0 Å². The molecule has 2 heterocycles. The van der Waals surface area contributed by atoms with Crippen LogP contribution < -0.4 is 9.75 Å². The molecule has 0 spiro atoms. The molecule has 1 fully saturated rings. The van der Waals surface area contributed by atoms with Gasteiger partial charge in [-0.3, -0.25) is 0 Å². The maximum atomic E-state index is 6.02. The van der Waals surface area contributed by atoms with Crippen molar-refractivity contribution in [1.29, 1.82) is 0 Å². The van der Waals surface area contributed by atoms with Crippen LogP contribution in [0.2, 0.25) is 0 Å². The van der Waals surface area contributed by atoms with Crippen molar-refractivity contribution in [2.24, 2.45) is 0 Å². The van der Waals surface area contributed by atoms with E-state index in [1.165, 1.54) is 0 Å². The second kappa shape index (κ2) is 5.27. The minimum absolute atomic E-state index is 0.383. The monoisotopic (exact) mass is 281 g/mol. The minimum atomic E-state index is 0.383. The smallest absolute Gasteiger partial charge is 0.143 e. The normalized spacial score (nSPS) is 16.0. The highest BCUT2D eigenvalue weighted by Crippen LogP contribution is 2.23. The summed E-state index contributed by atoms with van der Waals surface area (Å²) in [4.78, 5) is 4.58. The van der Waals surface area contributed by atoms with Gasteiger partial charge >= 0.3 is 0 Å². The Balaban J connectivity index is 2.09. The van der Waals surface area contributed by atoms with E-state index in [-0.39, 0.29) is 0 Å². The summed E-state index contributed by atoms with van der Waals surface area (Å²) in [6, 6.07) is 5.90. The van der Waals surface area contributed by atoms with Crippen LogP contribution in [0.1, 0.15) is 5.82 Å². The number of halogens is 1. The van der Waals surface area contributed by atoms with E-state index < -0.39 is 0 Å². The lowest BCUT2D eigenvalue weighted by Gasteiger charge is -2.31. The average Bonchev–Trinajstić information content (AvgIpc) is 2.85. The second-order valence-corrected chi connectivity index (χ2v) is 4.66. The summed E-state index contributed by atoms with van der Waals surface area (Å²) in [5.74, 6) is 2.04. The molecule has 2 aromatic rings. The molecule has 1 aromatic heterocycles. The van der Waals surface area contributed by atoms with Gasteiger partial charge in [0.15, 0.2) is 0 Å². The van der Waals surface area contributed by atoms with E-state index in [4.69, 9.17) is 21.1 Å². The van der Waals surface area contributed by atoms with Gasteiger partial charge in [-0.15, -0.1) is 11.6 Å². The molecule has 0 aliphatic carbocycles. The van der Waals surface area contributed by atoms with E-state index in [1.807, 2.05) is 18.2 Å². The van der Waals surface area contributed by atoms with Crippen LogP contribution in [-0.2, 0) is 10.6 Å². The summed E-state index contributed by atoms with van der Waals surface area (Å²) in [6.45, 7) is 3.16. The van der Waals surface area contributed by atoms with E-state index in [0.717, 1.165) is 48.9 Å². The van der Waals surface area contributed by atoms with Gasteiger partial charge < -0.3 is 14.5 Å². The molecule has 1 aliphatic rings. The number of methoxy groups -OCH3 is 1. The van der Waals surface area contributed by atoms with Crippen molar-refractivity contribution in [3.05, 3.63) is 24.0 Å². The minimum Gasteiger partial charge on any atom is -0.497 e. The van der Waals surface area contributed by atoms with Crippen molar-refractivity contribution in [2.45, 2.75) is 5.88 Å². The lowest BCUT2D eigenvalue weighted by molar-refractivity contribution is 0.111. The highest BCUT2D eigenvalue weighted by Gasteiger charge is 2.18. The van der Waals surface area contributed by atoms with Crippen LogP contribution in [0.3, 0.4) is 0 Å². The van der Waals surface area contributed by atoms with Gasteiger partial charge in [-0.25, -0.2) is 9.66 Å². The number of aromatic nitrogens is 2. The molecule has 0 amide bonds. The number of imidazole rings is 1. The van der Waals surface area contributed by atoms with Crippen LogP contribution in [0, 0.1) is 0 Å². The summed E-state index contributed by atoms with van der Waals surface area (Å²) < 4.78 is 12.7. The number of fused-ring (bicyclic) bond motifs is 1. The van der Waals surface area contributed by atoms with Gasteiger partial charge in [0.2, 0.25) is 0 Å². The third kappa shape index (κ3) is 2.24. The van der Waals surface area contributed by atoms with E-state index in [0.29, 0.717) is 5.88 Å². The third-order valence-corrected chi connectivity index (χ3v) is 3.53. The first kappa shape index (κ1) is 12.6. The second-order valence-electron chi connectivity index (χ2n) is 4.39. The fourth-order valence-electron chi connectivity index (χ4n) is 2.38. The largest absolute Gasteiger partial charge is 0.497 e. The molecule has 3 rings (SSSR count). The first-order chi connectivity index (χ1) is 9.33. The van der Waals surface area contributed by atoms with Crippen molar-refractivity contribution < 1.29 is 9.47 Å². The Morgan fingerprint density at radius 3 is 2.84 bits per heavy atom. The summed E-state index contributed by atoms with van der Waals surface area (Å²) in [5, 5.41) is 2.23. The zero-order chi connectivity index (χ0) is 13.2. The molecule has 0 bridgehead atoms. The molecule has 5 nitrogen and oxygen atoms in total. The summed E-state index contributed by atoms with van der Waals surface area (Å²) in [5.41, 5.74) is 1.96. The van der Waals surface area contributed by atoms with Gasteiger partial charge in [0.1, 0.15) is 11.6 Å². The Bertz CT molecular complexity index is 579. The molecule has 1 aromatic carbocycles. The number of ether oxygens (including phenoxy) is 2. The summed E-state index contributed by atoms with van der Waals surface area (Å²) in [6.07, 6.45) is 0. The van der Waals surface area contributed by atoms with E-state index in [1.54, 1.807) is 7.11 Å². The summed E-state index contributed by atoms with van der Waals surface area (Å²) in [7, 11) is 1.66. The molecule has 0 unspecified atom stereocenters. The van der Waals surface area contributed by atoms with Crippen LogP contribution in [0.25, 0.3) is 11.0 Å². The Morgan fingerprint density at radius 1 is 1.37 bits per heavy atom. The van der Waals surface area contributed by atoms with Crippen LogP contribution >= 0.6 is 11.6 Å². The van der Waals surface area contributed by atoms with Crippen molar-refractivity contribution >= 4 is 22.6 Å². The highest BCUT2D eigenvalue weighted by molar-refractivity contribution is 6.16. The molecular formula is C13H16ClN3O2. The van der Waals surface area contributed by atoms with Gasteiger partial charge in [-0.05, 0) is 12.1 Å². The Kier molecular flexibility index (Phi) is 3.48. The quantitative estimate of drug-likeness (QED) is 0.804. The molecule has 102 valence electrons. The highest BCUT2D eigenvalue weighted by atomic mass is 35.5. The number of morpholine rings is 1. The summed E-state index contributed by atoms with van der Waals surface area (Å²) >= 11 is 6.02. The maximum Gasteiger partial charge on any atom is 0.143 e. The number of benzene rings is 1. The van der Waals surface area contributed by atoms with E-state index in [9.17, 15) is 0 Å². The number of rotatable bonds is 3. The SMILES string of the molecule is COc1ccc2c(c1)nc(CCl)n2N1CCOCC1. The Morgan fingerprint density at radius 2 is 2.16 bits per heavy atom. The van der Waals surface area contributed by atoms with Crippen molar-refractivity contribution in [1.82, 2.24) is 9.66 Å². The molecule has 0 N–H and O–H groups in total.